The summed E-state index contributed by atoms with van der Waals surface area (Å²) in [4.78, 5) is 0. The van der Waals surface area contributed by atoms with Gasteiger partial charge in [-0.1, -0.05) is 11.6 Å². The molecule has 0 radical (unpaired) electrons. The van der Waals surface area contributed by atoms with Crippen LogP contribution in [0.4, 0.5) is 0 Å². The molecule has 2 aliphatic rings. The standard InChI is InChI=1S/C12H17ClN2O2S2/c1-8-5-11(18-12(8)13)19(16,17)15-6-9-3-2-4-14-10(9)7-15/h5,9-10,14H,2-4,6-7H2,1H3/t9-,10+/m0/s1. The first kappa shape index (κ1) is 13.8. The predicted octanol–water partition coefficient (Wildman–Crippen LogP) is 2.08. The zero-order valence-electron chi connectivity index (χ0n) is 10.7. The van der Waals surface area contributed by atoms with E-state index >= 15 is 0 Å². The number of hydrogen-bond donors (Lipinski definition) is 1. The second-order valence-corrected chi connectivity index (χ2v) is 9.13. The molecule has 4 nitrogen and oxygen atoms in total. The van der Waals surface area contributed by atoms with Crippen LogP contribution < -0.4 is 5.32 Å². The molecule has 19 heavy (non-hydrogen) atoms. The van der Waals surface area contributed by atoms with Crippen molar-refractivity contribution >= 4 is 33.0 Å². The Hall–Kier alpha value is -0.140. The molecule has 2 atom stereocenters. The first-order valence-corrected chi connectivity index (χ1v) is 9.11. The van der Waals surface area contributed by atoms with Crippen LogP contribution in [0.25, 0.3) is 0 Å². The summed E-state index contributed by atoms with van der Waals surface area (Å²) in [5.41, 5.74) is 0.833. The zero-order valence-corrected chi connectivity index (χ0v) is 13.1. The smallest absolute Gasteiger partial charge is 0.252 e. The van der Waals surface area contributed by atoms with Crippen molar-refractivity contribution in [1.29, 1.82) is 0 Å². The topological polar surface area (TPSA) is 49.4 Å². The van der Waals surface area contributed by atoms with E-state index in [1.54, 1.807) is 10.4 Å². The lowest BCUT2D eigenvalue weighted by Gasteiger charge is -2.24. The SMILES string of the molecule is Cc1cc(S(=O)(=O)N2C[C@@H]3CCCN[C@@H]3C2)sc1Cl. The Labute approximate surface area is 122 Å². The molecule has 1 aromatic heterocycles. The van der Waals surface area contributed by atoms with Gasteiger partial charge in [-0.25, -0.2) is 8.42 Å². The lowest BCUT2D eigenvalue weighted by molar-refractivity contribution is 0.339. The van der Waals surface area contributed by atoms with Crippen molar-refractivity contribution in [2.45, 2.75) is 30.0 Å². The molecule has 3 heterocycles. The van der Waals surface area contributed by atoms with E-state index in [9.17, 15) is 8.42 Å². The van der Waals surface area contributed by atoms with Gasteiger partial charge in [-0.05, 0) is 43.9 Å². The van der Waals surface area contributed by atoms with Crippen LogP contribution in [-0.4, -0.2) is 38.4 Å². The zero-order chi connectivity index (χ0) is 13.6. The maximum absolute atomic E-state index is 12.6. The van der Waals surface area contributed by atoms with E-state index in [0.29, 0.717) is 33.6 Å². The van der Waals surface area contributed by atoms with Crippen LogP contribution in [-0.2, 0) is 10.0 Å². The highest BCUT2D eigenvalue weighted by Gasteiger charge is 2.40. The van der Waals surface area contributed by atoms with Gasteiger partial charge in [0.05, 0.1) is 4.34 Å². The van der Waals surface area contributed by atoms with Gasteiger partial charge < -0.3 is 5.32 Å². The summed E-state index contributed by atoms with van der Waals surface area (Å²) in [6.07, 6.45) is 2.26. The molecule has 7 heteroatoms. The number of halogens is 1. The van der Waals surface area contributed by atoms with Crippen LogP contribution >= 0.6 is 22.9 Å². The Kier molecular flexibility index (Phi) is 3.64. The van der Waals surface area contributed by atoms with Crippen LogP contribution in [0.5, 0.6) is 0 Å². The number of fused-ring (bicyclic) bond motifs is 1. The molecule has 2 saturated heterocycles. The van der Waals surface area contributed by atoms with Crippen molar-refractivity contribution in [3.05, 3.63) is 16.0 Å². The maximum atomic E-state index is 12.6. The third kappa shape index (κ3) is 2.45. The molecule has 1 aromatic rings. The van der Waals surface area contributed by atoms with Gasteiger partial charge in [0.2, 0.25) is 0 Å². The van der Waals surface area contributed by atoms with E-state index in [1.807, 2.05) is 6.92 Å². The summed E-state index contributed by atoms with van der Waals surface area (Å²) < 4.78 is 27.7. The third-order valence-corrected chi connectivity index (χ3v) is 7.83. The van der Waals surface area contributed by atoms with Gasteiger partial charge in [0.15, 0.2) is 0 Å². The first-order valence-electron chi connectivity index (χ1n) is 6.48. The largest absolute Gasteiger partial charge is 0.312 e. The molecule has 0 spiro atoms. The van der Waals surface area contributed by atoms with Crippen molar-refractivity contribution < 1.29 is 8.42 Å². The molecule has 0 bridgehead atoms. The van der Waals surface area contributed by atoms with Crippen molar-refractivity contribution in [2.75, 3.05) is 19.6 Å². The number of sulfonamides is 1. The van der Waals surface area contributed by atoms with Crippen molar-refractivity contribution in [3.8, 4) is 0 Å². The monoisotopic (exact) mass is 320 g/mol. The van der Waals surface area contributed by atoms with E-state index in [-0.39, 0.29) is 0 Å². The van der Waals surface area contributed by atoms with Crippen LogP contribution in [0.2, 0.25) is 4.34 Å². The molecule has 0 aromatic carbocycles. The molecular formula is C12H17ClN2O2S2. The second-order valence-electron chi connectivity index (χ2n) is 5.31. The summed E-state index contributed by atoms with van der Waals surface area (Å²) in [5, 5.41) is 3.42. The van der Waals surface area contributed by atoms with Gasteiger partial charge in [-0.2, -0.15) is 4.31 Å². The second kappa shape index (κ2) is 5.00. The van der Waals surface area contributed by atoms with Gasteiger partial charge in [-0.15, -0.1) is 11.3 Å². The maximum Gasteiger partial charge on any atom is 0.252 e. The Balaban J connectivity index is 1.85. The molecule has 2 aliphatic heterocycles. The molecule has 0 aliphatic carbocycles. The van der Waals surface area contributed by atoms with Gasteiger partial charge in [0.25, 0.3) is 10.0 Å². The minimum absolute atomic E-state index is 0.319. The number of rotatable bonds is 2. The summed E-state index contributed by atoms with van der Waals surface area (Å²) in [5.74, 6) is 0.458. The highest BCUT2D eigenvalue weighted by molar-refractivity contribution is 7.91. The predicted molar refractivity (Wildman–Crippen MR) is 77.3 cm³/mol. The normalized spacial score (nSPS) is 28.5. The Morgan fingerprint density at radius 2 is 2.26 bits per heavy atom. The van der Waals surface area contributed by atoms with E-state index in [4.69, 9.17) is 11.6 Å². The highest BCUT2D eigenvalue weighted by Crippen LogP contribution is 2.35. The van der Waals surface area contributed by atoms with Crippen molar-refractivity contribution in [3.63, 3.8) is 0 Å². The number of piperidine rings is 1. The van der Waals surface area contributed by atoms with Gasteiger partial charge in [0.1, 0.15) is 4.21 Å². The lowest BCUT2D eigenvalue weighted by atomic mass is 9.94. The Bertz CT molecular complexity index is 551. The van der Waals surface area contributed by atoms with Crippen molar-refractivity contribution in [1.82, 2.24) is 9.62 Å². The molecular weight excluding hydrogens is 304 g/mol. The molecule has 0 unspecified atom stereocenters. The molecule has 0 saturated carbocycles. The third-order valence-electron chi connectivity index (χ3n) is 3.99. The summed E-state index contributed by atoms with van der Waals surface area (Å²) in [6, 6.07) is 2.00. The Morgan fingerprint density at radius 1 is 1.47 bits per heavy atom. The number of hydrogen-bond acceptors (Lipinski definition) is 4. The van der Waals surface area contributed by atoms with Gasteiger partial charge >= 0.3 is 0 Å². The average Bonchev–Trinajstić information content (AvgIpc) is 2.94. The first-order chi connectivity index (χ1) is 8.98. The number of aryl methyl sites for hydroxylation is 1. The number of thiophene rings is 1. The fraction of sp³-hybridized carbons (Fsp3) is 0.667. The molecule has 1 N–H and O–H groups in total. The molecule has 2 fully saturated rings. The Morgan fingerprint density at radius 3 is 2.89 bits per heavy atom. The molecule has 0 amide bonds. The van der Waals surface area contributed by atoms with E-state index in [1.165, 1.54) is 0 Å². The minimum Gasteiger partial charge on any atom is -0.312 e. The quantitative estimate of drug-likeness (QED) is 0.907. The molecule has 3 rings (SSSR count). The highest BCUT2D eigenvalue weighted by atomic mass is 35.5. The van der Waals surface area contributed by atoms with E-state index in [0.717, 1.165) is 36.3 Å². The van der Waals surface area contributed by atoms with Gasteiger partial charge in [-0.3, -0.25) is 0 Å². The van der Waals surface area contributed by atoms with Crippen LogP contribution in [0, 0.1) is 12.8 Å². The summed E-state index contributed by atoms with van der Waals surface area (Å²) in [7, 11) is -3.37. The number of nitrogens with zero attached hydrogens (tertiary/aromatic N) is 1. The van der Waals surface area contributed by atoms with E-state index < -0.39 is 10.0 Å². The summed E-state index contributed by atoms with van der Waals surface area (Å²) >= 11 is 7.14. The average molecular weight is 321 g/mol. The lowest BCUT2D eigenvalue weighted by Crippen LogP contribution is -2.41. The fourth-order valence-electron chi connectivity index (χ4n) is 2.89. The van der Waals surface area contributed by atoms with Crippen LogP contribution in [0.15, 0.2) is 10.3 Å². The van der Waals surface area contributed by atoms with E-state index in [2.05, 4.69) is 5.32 Å². The number of nitrogens with one attached hydrogen (secondary N) is 1. The van der Waals surface area contributed by atoms with Crippen molar-refractivity contribution in [2.24, 2.45) is 5.92 Å². The summed E-state index contributed by atoms with van der Waals surface area (Å²) in [6.45, 7) is 4.05. The minimum atomic E-state index is -3.37. The van der Waals surface area contributed by atoms with Crippen LogP contribution in [0.1, 0.15) is 18.4 Å². The molecule has 106 valence electrons. The fourth-order valence-corrected chi connectivity index (χ4v) is 6.28. The van der Waals surface area contributed by atoms with Gasteiger partial charge in [0, 0.05) is 19.1 Å². The van der Waals surface area contributed by atoms with Crippen LogP contribution in [0.3, 0.4) is 0 Å².